The smallest absolute Gasteiger partial charge is 0.242 e. The van der Waals surface area contributed by atoms with Gasteiger partial charge in [0.25, 0.3) is 0 Å². The Kier molecular flexibility index (Phi) is 4.79. The number of anilines is 1. The van der Waals surface area contributed by atoms with Gasteiger partial charge in [-0.1, -0.05) is 18.2 Å². The number of rotatable bonds is 3. The lowest BCUT2D eigenvalue weighted by Gasteiger charge is -2.16. The van der Waals surface area contributed by atoms with E-state index in [9.17, 15) is 9.90 Å². The number of hydrogen-bond donors (Lipinski definition) is 4. The average Bonchev–Trinajstić information content (AvgIpc) is 2.99. The van der Waals surface area contributed by atoms with Gasteiger partial charge in [0.15, 0.2) is 0 Å². The van der Waals surface area contributed by atoms with Gasteiger partial charge >= 0.3 is 0 Å². The zero-order valence-corrected chi connectivity index (χ0v) is 15.1. The van der Waals surface area contributed by atoms with E-state index in [-0.39, 0.29) is 23.7 Å². The fourth-order valence-electron chi connectivity index (χ4n) is 3.42. The minimum atomic E-state index is -0.356. The van der Waals surface area contributed by atoms with Crippen molar-refractivity contribution in [2.24, 2.45) is 0 Å². The summed E-state index contributed by atoms with van der Waals surface area (Å²) in [6, 6.07) is 9.35. The molecule has 0 aromatic heterocycles. The zero-order valence-electron chi connectivity index (χ0n) is 15.1. The Balaban J connectivity index is 1.73. The molecule has 1 aliphatic heterocycles. The molecule has 0 spiro atoms. The number of benzene rings is 2. The molecule has 1 saturated heterocycles. The van der Waals surface area contributed by atoms with Gasteiger partial charge in [0.2, 0.25) is 5.91 Å². The molecule has 0 bridgehead atoms. The van der Waals surface area contributed by atoms with Crippen molar-refractivity contribution < 1.29 is 9.90 Å². The maximum absolute atomic E-state index is 12.6. The predicted octanol–water partition coefficient (Wildman–Crippen LogP) is 3.17. The van der Waals surface area contributed by atoms with E-state index in [1.807, 2.05) is 52.0 Å². The molecule has 4 N–H and O–H groups in total. The molecule has 0 aliphatic carbocycles. The number of carbonyl (C=O) groups excluding carboxylic acids is 1. The van der Waals surface area contributed by atoms with Crippen LogP contribution in [0, 0.1) is 27.7 Å². The van der Waals surface area contributed by atoms with E-state index in [1.165, 1.54) is 0 Å². The van der Waals surface area contributed by atoms with Crippen LogP contribution in [0.5, 0.6) is 5.75 Å². The Morgan fingerprint density at radius 3 is 2.52 bits per heavy atom. The van der Waals surface area contributed by atoms with E-state index in [0.717, 1.165) is 33.5 Å². The highest BCUT2D eigenvalue weighted by Gasteiger charge is 2.32. The first-order valence-corrected chi connectivity index (χ1v) is 8.54. The summed E-state index contributed by atoms with van der Waals surface area (Å²) in [5.41, 5.74) is 12.1. The van der Waals surface area contributed by atoms with Crippen LogP contribution in [0.4, 0.5) is 5.69 Å². The SMILES string of the molecule is Cc1cc(C)c(C2CC(C(=O)Nc3cc(C)ccc3C)NN2)c(O)c1. The minimum absolute atomic E-state index is 0.0760. The predicted molar refractivity (Wildman–Crippen MR) is 99.5 cm³/mol. The molecule has 1 fully saturated rings. The molecular weight excluding hydrogens is 314 g/mol. The van der Waals surface area contributed by atoms with Gasteiger partial charge in [-0.25, -0.2) is 10.9 Å². The lowest BCUT2D eigenvalue weighted by molar-refractivity contribution is -0.117. The molecule has 25 heavy (non-hydrogen) atoms. The highest BCUT2D eigenvalue weighted by molar-refractivity contribution is 5.95. The Labute approximate surface area is 148 Å². The summed E-state index contributed by atoms with van der Waals surface area (Å²) < 4.78 is 0. The van der Waals surface area contributed by atoms with Crippen molar-refractivity contribution in [3.05, 3.63) is 58.1 Å². The number of nitrogens with one attached hydrogen (secondary N) is 3. The van der Waals surface area contributed by atoms with E-state index in [1.54, 1.807) is 6.07 Å². The number of phenolic OH excluding ortho intramolecular Hbond substituents is 1. The summed E-state index contributed by atoms with van der Waals surface area (Å²) in [4.78, 5) is 12.6. The Morgan fingerprint density at radius 2 is 1.80 bits per heavy atom. The Bertz CT molecular complexity index is 794. The third-order valence-electron chi connectivity index (χ3n) is 4.73. The van der Waals surface area contributed by atoms with Crippen LogP contribution in [0.3, 0.4) is 0 Å². The second-order valence-electron chi connectivity index (χ2n) is 6.95. The first-order chi connectivity index (χ1) is 11.8. The van der Waals surface area contributed by atoms with Gasteiger partial charge in [0, 0.05) is 11.3 Å². The van der Waals surface area contributed by atoms with Gasteiger partial charge in [-0.2, -0.15) is 0 Å². The third kappa shape index (κ3) is 3.67. The topological polar surface area (TPSA) is 73.4 Å². The molecule has 1 amide bonds. The molecule has 2 unspecified atom stereocenters. The molecule has 0 saturated carbocycles. The van der Waals surface area contributed by atoms with Crippen LogP contribution in [0.1, 0.15) is 40.3 Å². The Hall–Kier alpha value is -2.37. The fraction of sp³-hybridized carbons (Fsp3) is 0.350. The van der Waals surface area contributed by atoms with Gasteiger partial charge in [0.05, 0.1) is 6.04 Å². The number of aryl methyl sites for hydroxylation is 4. The van der Waals surface area contributed by atoms with Gasteiger partial charge in [0.1, 0.15) is 11.8 Å². The third-order valence-corrected chi connectivity index (χ3v) is 4.73. The molecule has 2 aromatic carbocycles. The number of aromatic hydroxyl groups is 1. The monoisotopic (exact) mass is 339 g/mol. The van der Waals surface area contributed by atoms with Crippen molar-refractivity contribution >= 4 is 11.6 Å². The first kappa shape index (κ1) is 17.5. The number of hydrogen-bond acceptors (Lipinski definition) is 4. The van der Waals surface area contributed by atoms with Crippen molar-refractivity contribution in [2.75, 3.05) is 5.32 Å². The van der Waals surface area contributed by atoms with Gasteiger partial charge in [-0.15, -0.1) is 0 Å². The number of hydrazine groups is 1. The average molecular weight is 339 g/mol. The first-order valence-electron chi connectivity index (χ1n) is 8.54. The summed E-state index contributed by atoms with van der Waals surface area (Å²) >= 11 is 0. The van der Waals surface area contributed by atoms with Crippen molar-refractivity contribution in [2.45, 2.75) is 46.2 Å². The van der Waals surface area contributed by atoms with Crippen LogP contribution in [-0.2, 0) is 4.79 Å². The van der Waals surface area contributed by atoms with Crippen LogP contribution in [0.2, 0.25) is 0 Å². The normalized spacial score (nSPS) is 19.8. The van der Waals surface area contributed by atoms with Gasteiger partial charge < -0.3 is 10.4 Å². The largest absolute Gasteiger partial charge is 0.508 e. The minimum Gasteiger partial charge on any atom is -0.508 e. The summed E-state index contributed by atoms with van der Waals surface area (Å²) in [5, 5.41) is 13.3. The van der Waals surface area contributed by atoms with Crippen molar-refractivity contribution in [1.29, 1.82) is 0 Å². The summed E-state index contributed by atoms with van der Waals surface area (Å²) in [6.07, 6.45) is 0.578. The standard InChI is InChI=1S/C20H25N3O2/c1-11-5-6-13(3)15(8-11)21-20(25)17-10-16(22-23-17)19-14(4)7-12(2)9-18(19)24/h5-9,16-17,22-24H,10H2,1-4H3,(H,21,25). The molecule has 5 nitrogen and oxygen atoms in total. The quantitative estimate of drug-likeness (QED) is 0.693. The summed E-state index contributed by atoms with van der Waals surface area (Å²) in [5.74, 6) is 0.195. The summed E-state index contributed by atoms with van der Waals surface area (Å²) in [7, 11) is 0. The molecule has 0 radical (unpaired) electrons. The van der Waals surface area contributed by atoms with Crippen LogP contribution < -0.4 is 16.2 Å². The highest BCUT2D eigenvalue weighted by atomic mass is 16.3. The molecule has 132 valence electrons. The lowest BCUT2D eigenvalue weighted by atomic mass is 9.95. The molecule has 1 heterocycles. The molecule has 2 aromatic rings. The zero-order chi connectivity index (χ0) is 18.1. The van der Waals surface area contributed by atoms with Crippen molar-refractivity contribution in [3.63, 3.8) is 0 Å². The van der Waals surface area contributed by atoms with E-state index in [2.05, 4.69) is 16.2 Å². The van der Waals surface area contributed by atoms with E-state index in [0.29, 0.717) is 6.42 Å². The van der Waals surface area contributed by atoms with E-state index >= 15 is 0 Å². The number of phenols is 1. The second-order valence-corrected chi connectivity index (χ2v) is 6.95. The molecule has 3 rings (SSSR count). The van der Waals surface area contributed by atoms with Gasteiger partial charge in [-0.3, -0.25) is 4.79 Å². The molecule has 5 heteroatoms. The maximum atomic E-state index is 12.6. The van der Waals surface area contributed by atoms with Crippen molar-refractivity contribution in [1.82, 2.24) is 10.9 Å². The number of carbonyl (C=O) groups is 1. The molecular formula is C20H25N3O2. The van der Waals surface area contributed by atoms with E-state index < -0.39 is 0 Å². The summed E-state index contributed by atoms with van der Waals surface area (Å²) in [6.45, 7) is 7.92. The second kappa shape index (κ2) is 6.86. The number of amides is 1. The molecule has 2 atom stereocenters. The fourth-order valence-corrected chi connectivity index (χ4v) is 3.42. The van der Waals surface area contributed by atoms with Crippen LogP contribution >= 0.6 is 0 Å². The maximum Gasteiger partial charge on any atom is 0.242 e. The Morgan fingerprint density at radius 1 is 1.04 bits per heavy atom. The molecule has 1 aliphatic rings. The van der Waals surface area contributed by atoms with E-state index in [4.69, 9.17) is 0 Å². The van der Waals surface area contributed by atoms with Crippen LogP contribution in [-0.4, -0.2) is 17.1 Å². The van der Waals surface area contributed by atoms with Gasteiger partial charge in [-0.05, 0) is 68.5 Å². The van der Waals surface area contributed by atoms with Crippen LogP contribution in [0.15, 0.2) is 30.3 Å². The highest BCUT2D eigenvalue weighted by Crippen LogP contribution is 2.33. The van der Waals surface area contributed by atoms with Crippen LogP contribution in [0.25, 0.3) is 0 Å². The lowest BCUT2D eigenvalue weighted by Crippen LogP contribution is -2.39. The van der Waals surface area contributed by atoms with Crippen molar-refractivity contribution in [3.8, 4) is 5.75 Å².